The van der Waals surface area contributed by atoms with Crippen LogP contribution in [0.2, 0.25) is 0 Å². The third kappa shape index (κ3) is 26.1. The second kappa shape index (κ2) is 47.2. The minimum Gasteiger partial charge on any atom is -0.465 e. The molecule has 0 unspecified atom stereocenters. The third-order valence-corrected chi connectivity index (χ3v) is 32.7. The Balaban J connectivity index is 0.000000154. The zero-order valence-corrected chi connectivity index (χ0v) is 75.7. The maximum atomic E-state index is 13.7. The molecule has 17 rings (SSSR count). The molecule has 0 spiro atoms. The number of benzene rings is 15. The van der Waals surface area contributed by atoms with Crippen molar-refractivity contribution in [3.8, 4) is 11.1 Å². The normalized spacial score (nSPS) is 13.0. The molecule has 1 saturated carbocycles. The van der Waals surface area contributed by atoms with Gasteiger partial charge in [-0.05, 0) is 186 Å². The summed E-state index contributed by atoms with van der Waals surface area (Å²) in [6.45, 7) is 2.25. The molecule has 1 aromatic heterocycles. The van der Waals surface area contributed by atoms with E-state index < -0.39 is 59.8 Å². The number of sulfonamides is 1. The summed E-state index contributed by atoms with van der Waals surface area (Å²) in [7, 11) is -2.44. The van der Waals surface area contributed by atoms with Gasteiger partial charge in [0.2, 0.25) is 21.8 Å². The van der Waals surface area contributed by atoms with Crippen LogP contribution in [0.25, 0.3) is 22.0 Å². The van der Waals surface area contributed by atoms with E-state index in [2.05, 4.69) is 390 Å². The number of rotatable bonds is 23. The van der Waals surface area contributed by atoms with Crippen LogP contribution in [0.5, 0.6) is 0 Å². The Bertz CT molecular complexity index is 5310. The molecule has 1 heterocycles. The summed E-state index contributed by atoms with van der Waals surface area (Å²) in [6.07, 6.45) is 1.68. The number of amides is 3. The molecule has 632 valence electrons. The molecule has 6 N–H and O–H groups in total. The predicted molar refractivity (Wildman–Crippen MR) is 523 cm³/mol. The molecular weight excluding hydrogens is 1730 g/mol. The summed E-state index contributed by atoms with van der Waals surface area (Å²) in [5.74, 6) is -0.818. The maximum absolute atomic E-state index is 13.7. The monoisotopic (exact) mass is 1830 g/mol. The van der Waals surface area contributed by atoms with Gasteiger partial charge in [0.15, 0.2) is 0 Å². The van der Waals surface area contributed by atoms with Crippen molar-refractivity contribution in [2.45, 2.75) is 50.0 Å². The van der Waals surface area contributed by atoms with Crippen molar-refractivity contribution >= 4 is 140 Å². The molecule has 1 fully saturated rings. The number of hydrogen-bond donors (Lipinski definition) is 6. The summed E-state index contributed by atoms with van der Waals surface area (Å²) in [5, 5.41) is 39.7. The van der Waals surface area contributed by atoms with Gasteiger partial charge in [0.1, 0.15) is 6.04 Å². The van der Waals surface area contributed by atoms with Crippen LogP contribution in [0.4, 0.5) is 10.5 Å². The molecule has 15 aromatic carbocycles. The Morgan fingerprint density at radius 3 is 1.02 bits per heavy atom. The number of carbonyl (C=O) groups excluding carboxylic acids is 2. The summed E-state index contributed by atoms with van der Waals surface area (Å²) in [5.41, 5.74) is 3.96. The molecule has 0 bridgehead atoms. The van der Waals surface area contributed by atoms with Crippen LogP contribution in [0, 0.1) is 18.8 Å². The number of aromatic nitrogens is 2. The second-order valence-corrected chi connectivity index (χ2v) is 40.9. The van der Waals surface area contributed by atoms with Gasteiger partial charge in [-0.25, -0.2) is 17.5 Å². The van der Waals surface area contributed by atoms with Crippen LogP contribution in [-0.2, 0) is 46.5 Å². The quantitative estimate of drug-likeness (QED) is 0.0271. The van der Waals surface area contributed by atoms with Crippen LogP contribution in [-0.4, -0.2) is 72.6 Å². The van der Waals surface area contributed by atoms with Crippen molar-refractivity contribution in [1.82, 2.24) is 25.1 Å². The minimum atomic E-state index is -3.62. The Kier molecular flexibility index (Phi) is 34.9. The largest absolute Gasteiger partial charge is 0.465 e. The number of aryl methyl sites for hydroxylation is 1. The molecule has 1 aliphatic rings. The number of aromatic amines is 2. The van der Waals surface area contributed by atoms with E-state index in [0.717, 1.165) is 22.3 Å². The third-order valence-electron chi connectivity index (χ3n) is 21.1. The van der Waals surface area contributed by atoms with E-state index >= 15 is 0 Å². The number of nitrogens with zero attached hydrogens (tertiary/aromatic N) is 1. The molecular formula is C106H100N6O7P4PdS. The summed E-state index contributed by atoms with van der Waals surface area (Å²) < 4.78 is 26.7. The smallest absolute Gasteiger partial charge is 0.404 e. The number of carbonyl (C=O) groups is 3. The van der Waals surface area contributed by atoms with Crippen molar-refractivity contribution in [2.75, 3.05) is 26.0 Å². The molecule has 0 radical (unpaired) electrons. The van der Waals surface area contributed by atoms with E-state index in [0.29, 0.717) is 48.8 Å². The van der Waals surface area contributed by atoms with E-state index in [1.165, 1.54) is 82.1 Å². The van der Waals surface area contributed by atoms with Crippen molar-refractivity contribution in [1.29, 1.82) is 0 Å². The van der Waals surface area contributed by atoms with Gasteiger partial charge >= 0.3 is 6.09 Å². The number of H-pyrrole nitrogens is 2. The first kappa shape index (κ1) is 92.3. The van der Waals surface area contributed by atoms with Gasteiger partial charge in [-0.3, -0.25) is 24.6 Å². The van der Waals surface area contributed by atoms with Crippen molar-refractivity contribution in [2.24, 2.45) is 11.8 Å². The van der Waals surface area contributed by atoms with Crippen LogP contribution in [0.15, 0.2) is 434 Å². The van der Waals surface area contributed by atoms with E-state index in [1.54, 1.807) is 36.4 Å². The molecule has 0 saturated heterocycles. The van der Waals surface area contributed by atoms with Gasteiger partial charge < -0.3 is 21.1 Å². The SMILES string of the molecule is Cc1ccc(S(=O)(=O)N(C)C)cc1-c1ccc(C[C@H](NC(=O)C2CCC(CNC(=O)O)CC2)C(=O)Nc2ccc3c(=O)[nH][nH]c3c2)cc1.[Pd].c1ccc(P(c2ccccc2)c2ccccc2)cc1.c1ccc(P(c2ccccc2)c2ccccc2)cc1.c1ccc(P(c2ccccc2)c2ccccc2)cc1.c1ccc(P(c2ccccc2)c2ccccc2)cc1. The molecule has 13 nitrogen and oxygen atoms in total. The fourth-order valence-corrected chi connectivity index (χ4v) is 24.9. The molecule has 1 atom stereocenters. The Morgan fingerprint density at radius 1 is 0.408 bits per heavy atom. The van der Waals surface area contributed by atoms with Crippen LogP contribution < -0.4 is 85.2 Å². The van der Waals surface area contributed by atoms with Gasteiger partial charge in [-0.2, -0.15) is 0 Å². The summed E-state index contributed by atoms with van der Waals surface area (Å²) in [4.78, 5) is 50.1. The Morgan fingerprint density at radius 2 is 0.720 bits per heavy atom. The first-order chi connectivity index (χ1) is 60.6. The topological polar surface area (TPSA) is 194 Å². The standard InChI is InChI=1S/C34H40N6O7S.4C18H15P.Pd/c1-20-4-14-26(48(46,47)40(2)3)18-28(20)23-9-5-21(6-10-23)16-30(33(43)36-25-13-15-27-29(17-25)38-39-32(27)42)37-31(41)24-11-7-22(8-12-24)19-35-34(44)45;4*1-4-10-16(11-5-1)19(17-12-6-2-7-13-17)18-14-8-3-9-15-18;/h4-6,9-10,13-15,17-18,22,24,30,35H,7-8,11-12,16,19H2,1-3H3,(H,36,43)(H,37,41)(H,44,45)(H2,38,39,42);4*1-15H;/t22?,24?,30-;;;;;/m0...../s1. The average molecular weight is 1830 g/mol. The molecule has 0 aliphatic heterocycles. The Labute approximate surface area is 752 Å². The van der Waals surface area contributed by atoms with Gasteiger partial charge in [0.05, 0.1) is 15.8 Å². The number of hydrogen-bond acceptors (Lipinski definition) is 6. The summed E-state index contributed by atoms with van der Waals surface area (Å²) in [6, 6.07) is 146. The van der Waals surface area contributed by atoms with E-state index in [1.807, 2.05) is 31.2 Å². The number of fused-ring (bicyclic) bond motifs is 1. The molecule has 125 heavy (non-hydrogen) atoms. The van der Waals surface area contributed by atoms with Gasteiger partial charge in [0.25, 0.3) is 5.56 Å². The summed E-state index contributed by atoms with van der Waals surface area (Å²) >= 11 is 0. The average Bonchev–Trinajstić information content (AvgIpc) is 1.79. The molecule has 3 amide bonds. The van der Waals surface area contributed by atoms with E-state index in [9.17, 15) is 27.6 Å². The first-order valence-electron chi connectivity index (χ1n) is 41.3. The minimum absolute atomic E-state index is 0. The van der Waals surface area contributed by atoms with Gasteiger partial charge in [0, 0.05) is 59.1 Å². The van der Waals surface area contributed by atoms with Crippen molar-refractivity contribution < 1.29 is 48.3 Å². The zero-order valence-electron chi connectivity index (χ0n) is 69.7. The Hall–Kier alpha value is -11.9. The number of carboxylic acid groups (broad SMARTS) is 1. The van der Waals surface area contributed by atoms with E-state index in [-0.39, 0.29) is 55.0 Å². The fourth-order valence-electron chi connectivity index (χ4n) is 14.8. The first-order valence-corrected chi connectivity index (χ1v) is 48.1. The zero-order chi connectivity index (χ0) is 86.3. The van der Waals surface area contributed by atoms with Crippen LogP contribution in [0.3, 0.4) is 0 Å². The molecule has 16 aromatic rings. The molecule has 19 heteroatoms. The maximum Gasteiger partial charge on any atom is 0.404 e. The van der Waals surface area contributed by atoms with Crippen molar-refractivity contribution in [3.05, 3.63) is 446 Å². The number of nitrogens with one attached hydrogen (secondary N) is 5. The van der Waals surface area contributed by atoms with Crippen molar-refractivity contribution in [3.63, 3.8) is 0 Å². The van der Waals surface area contributed by atoms with E-state index in [4.69, 9.17) is 5.11 Å². The second-order valence-electron chi connectivity index (χ2n) is 29.8. The predicted octanol–water partition coefficient (Wildman–Crippen LogP) is 17.6. The van der Waals surface area contributed by atoms with Crippen LogP contribution in [0.1, 0.15) is 36.8 Å². The van der Waals surface area contributed by atoms with Gasteiger partial charge in [-0.1, -0.05) is 394 Å². The molecule has 1 aliphatic carbocycles. The van der Waals surface area contributed by atoms with Gasteiger partial charge in [-0.15, -0.1) is 0 Å². The fraction of sp³-hybridized carbons (Fsp3) is 0.113. The van der Waals surface area contributed by atoms with Crippen LogP contribution >= 0.6 is 31.7 Å². The number of anilines is 1.